The lowest BCUT2D eigenvalue weighted by atomic mass is 9.39. The van der Waals surface area contributed by atoms with E-state index in [9.17, 15) is 19.8 Å². The van der Waals surface area contributed by atoms with E-state index in [0.29, 0.717) is 54.3 Å². The van der Waals surface area contributed by atoms with Crippen molar-refractivity contribution in [3.8, 4) is 0 Å². The fraction of sp³-hybridized carbons (Fsp3) is 0.714. The van der Waals surface area contributed by atoms with Crippen LogP contribution in [0.25, 0.3) is 0 Å². The Morgan fingerprint density at radius 1 is 0.780 bits per heavy atom. The van der Waals surface area contributed by atoms with Crippen LogP contribution in [0.15, 0.2) is 36.4 Å². The van der Waals surface area contributed by atoms with Gasteiger partial charge in [0.1, 0.15) is 0 Å². The molecular weight excluding hydrogens is 803 g/mol. The molecule has 1 amide bonds. The van der Waals surface area contributed by atoms with Gasteiger partial charge in [-0.1, -0.05) is 124 Å². The highest BCUT2D eigenvalue weighted by molar-refractivity contribution is 6.31. The Morgan fingerprint density at radius 3 is 1.56 bits per heavy atom. The van der Waals surface area contributed by atoms with Gasteiger partial charge in [0, 0.05) is 52.1 Å². The summed E-state index contributed by atoms with van der Waals surface area (Å²) in [6, 6.07) is 12.5. The minimum atomic E-state index is -0.585. The molecule has 0 radical (unpaired) electrons. The number of carbonyl (C=O) groups excluding carboxylic acids is 2. The van der Waals surface area contributed by atoms with E-state index in [1.807, 2.05) is 19.1 Å². The SMILES string of the molecule is CC(C)C(CO)[C@@](C)(N)c1ccc([C@@H]2C[C@H]2C(C)(C)C)c(Cl)c1.COC(=O)C12CC(NC(=O)C[C@@](C)(c3ccc([C@@H]4C[C@H]4C(C)(C)C)c(Cl)c3)C(CO)C(C)C)(C1)C2.Cl. The molecule has 7 nitrogen and oxygen atoms in total. The third-order valence-corrected chi connectivity index (χ3v) is 15.7. The van der Waals surface area contributed by atoms with Crippen LogP contribution in [0.2, 0.25) is 10.0 Å². The Morgan fingerprint density at radius 2 is 1.20 bits per heavy atom. The molecule has 0 heterocycles. The van der Waals surface area contributed by atoms with Crippen LogP contribution in [0.3, 0.4) is 0 Å². The lowest BCUT2D eigenvalue weighted by Crippen LogP contribution is -2.77. The zero-order chi connectivity index (χ0) is 43.6. The molecule has 10 heteroatoms. The molecule has 5 aliphatic carbocycles. The molecule has 5 aliphatic rings. The normalized spacial score (nSPS) is 28.6. The summed E-state index contributed by atoms with van der Waals surface area (Å²) >= 11 is 13.4. The first-order chi connectivity index (χ1) is 26.7. The molecule has 5 fully saturated rings. The number of halogens is 3. The van der Waals surface area contributed by atoms with Crippen LogP contribution in [0, 0.1) is 51.8 Å². The van der Waals surface area contributed by atoms with E-state index >= 15 is 0 Å². The van der Waals surface area contributed by atoms with Gasteiger partial charge in [0.25, 0.3) is 0 Å². The molecule has 59 heavy (non-hydrogen) atoms. The van der Waals surface area contributed by atoms with Crippen LogP contribution < -0.4 is 11.1 Å². The molecule has 2 aromatic carbocycles. The van der Waals surface area contributed by atoms with Crippen molar-refractivity contribution in [1.29, 1.82) is 0 Å². The summed E-state index contributed by atoms with van der Waals surface area (Å²) in [7, 11) is 1.42. The van der Waals surface area contributed by atoms with Gasteiger partial charge in [0.2, 0.25) is 5.91 Å². The summed E-state index contributed by atoms with van der Waals surface area (Å²) in [6.45, 7) is 26.3. The number of nitrogens with one attached hydrogen (secondary N) is 1. The second-order valence-corrected chi connectivity index (χ2v) is 23.0. The molecule has 0 aliphatic heterocycles. The maximum atomic E-state index is 13.3. The number of hydrogen-bond acceptors (Lipinski definition) is 6. The standard InChI is InChI=1S/C29H42ClNO4.C20H32ClNO.ClH/c1-17(2)22(13-32)27(6,12-24(33)31-29-14-28(15-29,16-29)25(34)35-7)18-8-9-19(23(30)10-18)20-11-21(20)26(3,4)5;1-12(2)17(11-23)20(6,22)13-7-8-14(18(21)9-13)15-10-16(15)19(3,4)5;/h8-10,17,20-22,32H,11-16H2,1-7H3,(H,31,33);7-9,12,15-17,23H,10-11,22H2,1-6H3;1H/t20-,21+,22?,27-,28?,29?;15-,16+,17?,20-;/m00./s1. The van der Waals surface area contributed by atoms with Gasteiger partial charge in [-0.15, -0.1) is 12.4 Å². The van der Waals surface area contributed by atoms with E-state index in [0.717, 1.165) is 27.6 Å². The third-order valence-electron chi connectivity index (χ3n) is 15.1. The summed E-state index contributed by atoms with van der Waals surface area (Å²) < 4.78 is 4.93. The number of methoxy groups -OCH3 is 1. The van der Waals surface area contributed by atoms with Crippen LogP contribution in [-0.2, 0) is 25.3 Å². The number of ether oxygens (including phenoxy) is 1. The molecule has 2 unspecified atom stereocenters. The molecule has 0 aromatic heterocycles. The first-order valence-corrected chi connectivity index (χ1v) is 22.5. The molecule has 2 aromatic rings. The van der Waals surface area contributed by atoms with Gasteiger partial charge >= 0.3 is 5.97 Å². The summed E-state index contributed by atoms with van der Waals surface area (Å²) in [4.78, 5) is 25.3. The maximum absolute atomic E-state index is 13.3. The minimum absolute atomic E-state index is 0. The first kappa shape index (κ1) is 49.8. The number of carbonyl (C=O) groups is 2. The number of esters is 1. The number of aliphatic hydroxyl groups is 2. The van der Waals surface area contributed by atoms with E-state index in [4.69, 9.17) is 33.7 Å². The van der Waals surface area contributed by atoms with Gasteiger partial charge in [-0.25, -0.2) is 0 Å². The highest BCUT2D eigenvalue weighted by atomic mass is 35.5. The quantitative estimate of drug-likeness (QED) is 0.140. The van der Waals surface area contributed by atoms with Gasteiger partial charge in [-0.2, -0.15) is 0 Å². The lowest BCUT2D eigenvalue weighted by molar-refractivity contribution is -0.203. The summed E-state index contributed by atoms with van der Waals surface area (Å²) in [5.41, 5.74) is 9.76. The highest BCUT2D eigenvalue weighted by Crippen LogP contribution is 2.68. The topological polar surface area (TPSA) is 122 Å². The van der Waals surface area contributed by atoms with E-state index in [-0.39, 0.29) is 72.6 Å². The second-order valence-electron chi connectivity index (χ2n) is 22.2. The molecule has 332 valence electrons. The number of hydrogen-bond donors (Lipinski definition) is 4. The number of amides is 1. The molecule has 5 saturated carbocycles. The third kappa shape index (κ3) is 10.0. The Balaban J connectivity index is 0.000000279. The predicted molar refractivity (Wildman–Crippen MR) is 244 cm³/mol. The fourth-order valence-electron chi connectivity index (χ4n) is 11.3. The zero-order valence-corrected chi connectivity index (χ0v) is 40.4. The highest BCUT2D eigenvalue weighted by Gasteiger charge is 2.73. The van der Waals surface area contributed by atoms with Crippen LogP contribution >= 0.6 is 35.6 Å². The average molecular weight is 879 g/mol. The van der Waals surface area contributed by atoms with Crippen molar-refractivity contribution >= 4 is 47.5 Å². The second kappa shape index (κ2) is 17.7. The fourth-order valence-corrected chi connectivity index (χ4v) is 11.9. The van der Waals surface area contributed by atoms with Crippen molar-refractivity contribution < 1.29 is 24.5 Å². The van der Waals surface area contributed by atoms with Crippen molar-refractivity contribution in [1.82, 2.24) is 5.32 Å². The van der Waals surface area contributed by atoms with Crippen LogP contribution in [-0.4, -0.2) is 48.0 Å². The Hall–Kier alpha value is -1.87. The van der Waals surface area contributed by atoms with Crippen molar-refractivity contribution in [2.24, 2.45) is 57.5 Å². The Labute approximate surface area is 372 Å². The summed E-state index contributed by atoms with van der Waals surface area (Å²) in [5.74, 6) is 2.57. The van der Waals surface area contributed by atoms with Crippen molar-refractivity contribution in [3.63, 3.8) is 0 Å². The molecule has 8 atom stereocenters. The Kier molecular flexibility index (Phi) is 14.9. The van der Waals surface area contributed by atoms with Crippen LogP contribution in [0.4, 0.5) is 0 Å². The van der Waals surface area contributed by atoms with E-state index in [2.05, 4.69) is 106 Å². The molecular formula is C49H75Cl3N2O5. The summed E-state index contributed by atoms with van der Waals surface area (Å²) in [6.07, 6.45) is 4.59. The monoisotopic (exact) mass is 876 g/mol. The van der Waals surface area contributed by atoms with E-state index in [1.54, 1.807) is 0 Å². The molecule has 2 bridgehead atoms. The van der Waals surface area contributed by atoms with Crippen molar-refractivity contribution in [2.45, 2.75) is 150 Å². The average Bonchev–Trinajstić information content (AvgIpc) is 4.00. The van der Waals surface area contributed by atoms with Gasteiger partial charge in [0.05, 0.1) is 12.5 Å². The molecule has 5 N–H and O–H groups in total. The molecule has 0 saturated heterocycles. The Bertz CT molecular complexity index is 1810. The summed E-state index contributed by atoms with van der Waals surface area (Å²) in [5, 5.41) is 24.9. The van der Waals surface area contributed by atoms with E-state index < -0.39 is 16.4 Å². The van der Waals surface area contributed by atoms with Crippen LogP contribution in [0.1, 0.15) is 156 Å². The number of nitrogens with two attached hydrogens (primary N) is 1. The number of benzene rings is 2. The largest absolute Gasteiger partial charge is 0.469 e. The number of aliphatic hydroxyl groups excluding tert-OH is 2. The van der Waals surface area contributed by atoms with Crippen molar-refractivity contribution in [2.75, 3.05) is 20.3 Å². The first-order valence-electron chi connectivity index (χ1n) is 21.7. The van der Waals surface area contributed by atoms with Gasteiger partial charge in [0.15, 0.2) is 0 Å². The molecule has 7 rings (SSSR count). The minimum Gasteiger partial charge on any atom is -0.469 e. The van der Waals surface area contributed by atoms with Crippen LogP contribution in [0.5, 0.6) is 0 Å². The van der Waals surface area contributed by atoms with Crippen molar-refractivity contribution in [3.05, 3.63) is 68.7 Å². The van der Waals surface area contributed by atoms with Gasteiger partial charge < -0.3 is 26.0 Å². The molecule has 0 spiro atoms. The smallest absolute Gasteiger partial charge is 0.312 e. The zero-order valence-electron chi connectivity index (χ0n) is 38.1. The number of rotatable bonds is 14. The van der Waals surface area contributed by atoms with Gasteiger partial charge in [-0.05, 0) is 126 Å². The van der Waals surface area contributed by atoms with Gasteiger partial charge in [-0.3, -0.25) is 9.59 Å². The predicted octanol–water partition coefficient (Wildman–Crippen LogP) is 11.0. The maximum Gasteiger partial charge on any atom is 0.312 e. The van der Waals surface area contributed by atoms with E-state index in [1.165, 1.54) is 24.7 Å². The lowest BCUT2D eigenvalue weighted by Gasteiger charge is -2.68.